The molecule has 0 saturated carbocycles. The number of hydrogen-bond acceptors (Lipinski definition) is 3. The number of pyridine rings is 1. The fraction of sp³-hybridized carbons (Fsp3) is 0.111. The number of nitrogens with one attached hydrogen (secondary N) is 2. The zero-order valence-electron chi connectivity index (χ0n) is 12.6. The summed E-state index contributed by atoms with van der Waals surface area (Å²) in [5.74, 6) is -0.0819. The molecule has 23 heavy (non-hydrogen) atoms. The first-order chi connectivity index (χ1) is 11.2. The van der Waals surface area contributed by atoms with Gasteiger partial charge >= 0.3 is 0 Å². The van der Waals surface area contributed by atoms with Crippen molar-refractivity contribution in [3.8, 4) is 0 Å². The summed E-state index contributed by atoms with van der Waals surface area (Å²) in [5.41, 5.74) is 3.61. The molecule has 0 atom stereocenters. The first-order valence-corrected chi connectivity index (χ1v) is 7.64. The molecular formula is C18H16ClN3O. The second-order valence-electron chi connectivity index (χ2n) is 5.15. The molecule has 0 fully saturated rings. The van der Waals surface area contributed by atoms with Gasteiger partial charge < -0.3 is 10.6 Å². The maximum Gasteiger partial charge on any atom is 0.251 e. The zero-order chi connectivity index (χ0) is 16.2. The van der Waals surface area contributed by atoms with Gasteiger partial charge in [0.2, 0.25) is 0 Å². The molecule has 1 aromatic heterocycles. The maximum absolute atomic E-state index is 11.5. The molecule has 1 amide bonds. The molecule has 5 heteroatoms. The van der Waals surface area contributed by atoms with Crippen LogP contribution in [0.5, 0.6) is 0 Å². The van der Waals surface area contributed by atoms with Gasteiger partial charge in [0.25, 0.3) is 5.91 Å². The summed E-state index contributed by atoms with van der Waals surface area (Å²) in [7, 11) is 1.62. The van der Waals surface area contributed by atoms with E-state index < -0.39 is 0 Å². The van der Waals surface area contributed by atoms with Crippen LogP contribution in [0, 0.1) is 0 Å². The van der Waals surface area contributed by atoms with Crippen LogP contribution in [0.3, 0.4) is 0 Å². The molecule has 3 aromatic rings. The van der Waals surface area contributed by atoms with Gasteiger partial charge in [-0.15, -0.1) is 0 Å². The van der Waals surface area contributed by atoms with Gasteiger partial charge in [0.15, 0.2) is 0 Å². The van der Waals surface area contributed by atoms with Crippen molar-refractivity contribution in [1.82, 2.24) is 10.3 Å². The number of anilines is 1. The summed E-state index contributed by atoms with van der Waals surface area (Å²) >= 11 is 6.00. The van der Waals surface area contributed by atoms with E-state index in [1.54, 1.807) is 13.2 Å². The minimum absolute atomic E-state index is 0.0819. The molecule has 3 rings (SSSR count). The lowest BCUT2D eigenvalue weighted by Crippen LogP contribution is -2.17. The molecule has 2 aromatic carbocycles. The average molecular weight is 326 g/mol. The predicted molar refractivity (Wildman–Crippen MR) is 93.9 cm³/mol. The second-order valence-corrected chi connectivity index (χ2v) is 5.59. The highest BCUT2D eigenvalue weighted by Crippen LogP contribution is 2.24. The summed E-state index contributed by atoms with van der Waals surface area (Å²) in [4.78, 5) is 15.9. The molecule has 0 aliphatic rings. The Morgan fingerprint density at radius 1 is 1.13 bits per heavy atom. The third-order valence-corrected chi connectivity index (χ3v) is 3.87. The number of hydrogen-bond donors (Lipinski definition) is 2. The van der Waals surface area contributed by atoms with Crippen molar-refractivity contribution in [2.24, 2.45) is 0 Å². The molecule has 1 heterocycles. The van der Waals surface area contributed by atoms with Crippen LogP contribution in [0.25, 0.3) is 10.9 Å². The summed E-state index contributed by atoms with van der Waals surface area (Å²) in [6.07, 6.45) is 1.76. The van der Waals surface area contributed by atoms with E-state index in [4.69, 9.17) is 11.6 Å². The largest absolute Gasteiger partial charge is 0.380 e. The minimum atomic E-state index is -0.0819. The molecule has 0 radical (unpaired) electrons. The van der Waals surface area contributed by atoms with E-state index in [9.17, 15) is 4.79 Å². The Kier molecular flexibility index (Phi) is 4.44. The van der Waals surface area contributed by atoms with Crippen molar-refractivity contribution in [1.29, 1.82) is 0 Å². The number of carbonyl (C=O) groups is 1. The lowest BCUT2D eigenvalue weighted by Gasteiger charge is -2.10. The third kappa shape index (κ3) is 3.43. The highest BCUT2D eigenvalue weighted by Gasteiger charge is 2.04. The van der Waals surface area contributed by atoms with Gasteiger partial charge in [-0.05, 0) is 42.0 Å². The molecule has 0 aliphatic carbocycles. The van der Waals surface area contributed by atoms with Crippen molar-refractivity contribution >= 4 is 34.1 Å². The zero-order valence-corrected chi connectivity index (χ0v) is 13.4. The van der Waals surface area contributed by atoms with E-state index in [-0.39, 0.29) is 5.91 Å². The molecule has 4 nitrogen and oxygen atoms in total. The Bertz CT molecular complexity index is 847. The van der Waals surface area contributed by atoms with Crippen LogP contribution in [0.2, 0.25) is 5.02 Å². The first-order valence-electron chi connectivity index (χ1n) is 7.26. The van der Waals surface area contributed by atoms with E-state index in [0.29, 0.717) is 17.1 Å². The summed E-state index contributed by atoms with van der Waals surface area (Å²) < 4.78 is 0. The molecule has 2 N–H and O–H groups in total. The lowest BCUT2D eigenvalue weighted by molar-refractivity contribution is 0.0963. The van der Waals surface area contributed by atoms with Crippen molar-refractivity contribution in [3.63, 3.8) is 0 Å². The Morgan fingerprint density at radius 3 is 2.65 bits per heavy atom. The highest BCUT2D eigenvalue weighted by molar-refractivity contribution is 6.31. The first kappa shape index (κ1) is 15.3. The fourth-order valence-corrected chi connectivity index (χ4v) is 2.56. The Morgan fingerprint density at radius 2 is 1.91 bits per heavy atom. The molecular weight excluding hydrogens is 310 g/mol. The number of fused-ring (bicyclic) bond motifs is 1. The SMILES string of the molecule is CNC(=O)c1ccc(CNc2ccnc3cc(Cl)ccc23)cc1. The monoisotopic (exact) mass is 325 g/mol. The predicted octanol–water partition coefficient (Wildman–Crippen LogP) is 3.86. The van der Waals surface area contributed by atoms with Crippen molar-refractivity contribution in [2.75, 3.05) is 12.4 Å². The smallest absolute Gasteiger partial charge is 0.251 e. The van der Waals surface area contributed by atoms with Crippen LogP contribution in [0.15, 0.2) is 54.7 Å². The van der Waals surface area contributed by atoms with Gasteiger partial charge in [-0.25, -0.2) is 0 Å². The number of nitrogens with zero attached hydrogens (tertiary/aromatic N) is 1. The Hall–Kier alpha value is -2.59. The molecule has 0 spiro atoms. The van der Waals surface area contributed by atoms with Gasteiger partial charge in [0.1, 0.15) is 0 Å². The second kappa shape index (κ2) is 6.67. The Labute approximate surface area is 139 Å². The van der Waals surface area contributed by atoms with Crippen molar-refractivity contribution in [2.45, 2.75) is 6.54 Å². The molecule has 0 unspecified atom stereocenters. The lowest BCUT2D eigenvalue weighted by atomic mass is 10.1. The number of carbonyl (C=O) groups excluding carboxylic acids is 1. The van der Waals surface area contributed by atoms with Gasteiger partial charge in [-0.1, -0.05) is 23.7 Å². The molecule has 0 saturated heterocycles. The van der Waals surface area contributed by atoms with Crippen LogP contribution >= 0.6 is 11.6 Å². The van der Waals surface area contributed by atoms with Gasteiger partial charge in [0.05, 0.1) is 5.52 Å². The van der Waals surface area contributed by atoms with E-state index >= 15 is 0 Å². The normalized spacial score (nSPS) is 10.5. The standard InChI is InChI=1S/C18H16ClN3O/c1-20-18(23)13-4-2-12(3-5-13)11-22-16-8-9-21-17-10-14(19)6-7-15(16)17/h2-10H,11H2,1H3,(H,20,23)(H,21,22). The van der Waals surface area contributed by atoms with Gasteiger partial charge in [0, 0.05) is 41.4 Å². The van der Waals surface area contributed by atoms with Crippen LogP contribution < -0.4 is 10.6 Å². The van der Waals surface area contributed by atoms with Crippen molar-refractivity contribution < 1.29 is 4.79 Å². The average Bonchev–Trinajstić information content (AvgIpc) is 2.59. The van der Waals surface area contributed by atoms with Gasteiger partial charge in [-0.2, -0.15) is 0 Å². The summed E-state index contributed by atoms with van der Waals surface area (Å²) in [6, 6.07) is 15.1. The number of rotatable bonds is 4. The van der Waals surface area contributed by atoms with Crippen LogP contribution in [-0.2, 0) is 6.54 Å². The molecule has 0 bridgehead atoms. The van der Waals surface area contributed by atoms with E-state index in [1.807, 2.05) is 48.5 Å². The van der Waals surface area contributed by atoms with E-state index in [0.717, 1.165) is 22.2 Å². The number of aromatic nitrogens is 1. The van der Waals surface area contributed by atoms with Crippen LogP contribution in [0.1, 0.15) is 15.9 Å². The van der Waals surface area contributed by atoms with Crippen molar-refractivity contribution in [3.05, 3.63) is 70.9 Å². The van der Waals surface area contributed by atoms with Gasteiger partial charge in [-0.3, -0.25) is 9.78 Å². The Balaban J connectivity index is 1.77. The summed E-state index contributed by atoms with van der Waals surface area (Å²) in [5, 5.41) is 7.71. The number of amides is 1. The maximum atomic E-state index is 11.5. The third-order valence-electron chi connectivity index (χ3n) is 3.63. The fourth-order valence-electron chi connectivity index (χ4n) is 2.39. The highest BCUT2D eigenvalue weighted by atomic mass is 35.5. The van der Waals surface area contributed by atoms with Crippen LogP contribution in [0.4, 0.5) is 5.69 Å². The van der Waals surface area contributed by atoms with E-state index in [2.05, 4.69) is 15.6 Å². The van der Waals surface area contributed by atoms with Crippen LogP contribution in [-0.4, -0.2) is 17.9 Å². The molecule has 116 valence electrons. The topological polar surface area (TPSA) is 54.0 Å². The quantitative estimate of drug-likeness (QED) is 0.766. The molecule has 0 aliphatic heterocycles. The number of benzene rings is 2. The van der Waals surface area contributed by atoms with E-state index in [1.165, 1.54) is 0 Å². The number of halogens is 1. The minimum Gasteiger partial charge on any atom is -0.380 e. The summed E-state index contributed by atoms with van der Waals surface area (Å²) in [6.45, 7) is 0.662.